The first-order chi connectivity index (χ1) is 8.65. The van der Waals surface area contributed by atoms with Crippen molar-refractivity contribution < 1.29 is 14.6 Å². The zero-order valence-corrected chi connectivity index (χ0v) is 10.4. The van der Waals surface area contributed by atoms with Crippen LogP contribution >= 0.6 is 0 Å². The van der Waals surface area contributed by atoms with Crippen molar-refractivity contribution in [1.82, 2.24) is 0 Å². The Kier molecular flexibility index (Phi) is 3.97. The molecule has 4 nitrogen and oxygen atoms in total. The standard InChI is InChI=1S/C14H17NO3/c1-10-9-18-14(15-10)12-7-5-11(6-8-12)3-2-4-13(16)17/h5-8,10H,2-4,9H2,1H3,(H,16,17). The molecule has 0 aromatic heterocycles. The van der Waals surface area contributed by atoms with Crippen LogP contribution in [-0.4, -0.2) is 29.6 Å². The lowest BCUT2D eigenvalue weighted by Crippen LogP contribution is -2.02. The Hall–Kier alpha value is -1.84. The fraction of sp³-hybridized carbons (Fsp3) is 0.429. The molecule has 18 heavy (non-hydrogen) atoms. The summed E-state index contributed by atoms with van der Waals surface area (Å²) in [4.78, 5) is 14.8. The second kappa shape index (κ2) is 5.67. The number of carboxylic acid groups (broad SMARTS) is 1. The van der Waals surface area contributed by atoms with Crippen molar-refractivity contribution in [2.75, 3.05) is 6.61 Å². The lowest BCUT2D eigenvalue weighted by molar-refractivity contribution is -0.137. The number of ether oxygens (including phenoxy) is 1. The Balaban J connectivity index is 1.93. The third kappa shape index (κ3) is 3.32. The van der Waals surface area contributed by atoms with Crippen LogP contribution in [0.2, 0.25) is 0 Å². The summed E-state index contributed by atoms with van der Waals surface area (Å²) >= 11 is 0. The van der Waals surface area contributed by atoms with Gasteiger partial charge in [-0.1, -0.05) is 12.1 Å². The molecule has 1 N–H and O–H groups in total. The fourth-order valence-electron chi connectivity index (χ4n) is 1.89. The number of carbonyl (C=O) groups is 1. The molecule has 4 heteroatoms. The fourth-order valence-corrected chi connectivity index (χ4v) is 1.89. The van der Waals surface area contributed by atoms with E-state index in [4.69, 9.17) is 9.84 Å². The van der Waals surface area contributed by atoms with Crippen LogP contribution in [0.25, 0.3) is 0 Å². The molecule has 2 rings (SSSR count). The Morgan fingerprint density at radius 3 is 2.72 bits per heavy atom. The predicted molar refractivity (Wildman–Crippen MR) is 69.0 cm³/mol. The Labute approximate surface area is 106 Å². The third-order valence-corrected chi connectivity index (χ3v) is 2.86. The van der Waals surface area contributed by atoms with Gasteiger partial charge in [0.1, 0.15) is 6.61 Å². The molecule has 0 saturated carbocycles. The average molecular weight is 247 g/mol. The van der Waals surface area contributed by atoms with Gasteiger partial charge in [0.15, 0.2) is 0 Å². The Morgan fingerprint density at radius 1 is 1.44 bits per heavy atom. The molecule has 1 aliphatic rings. The molecule has 0 amide bonds. The van der Waals surface area contributed by atoms with Crippen LogP contribution in [0.5, 0.6) is 0 Å². The van der Waals surface area contributed by atoms with Gasteiger partial charge in [0.25, 0.3) is 0 Å². The second-order valence-electron chi connectivity index (χ2n) is 4.54. The molecule has 1 heterocycles. The van der Waals surface area contributed by atoms with Gasteiger partial charge in [-0.05, 0) is 37.5 Å². The van der Waals surface area contributed by atoms with E-state index < -0.39 is 5.97 Å². The molecular weight excluding hydrogens is 230 g/mol. The Morgan fingerprint density at radius 2 is 2.17 bits per heavy atom. The minimum absolute atomic E-state index is 0.217. The molecule has 1 aromatic rings. The van der Waals surface area contributed by atoms with E-state index in [1.807, 2.05) is 31.2 Å². The molecule has 0 spiro atoms. The third-order valence-electron chi connectivity index (χ3n) is 2.86. The first kappa shape index (κ1) is 12.6. The van der Waals surface area contributed by atoms with Crippen molar-refractivity contribution in [3.8, 4) is 0 Å². The summed E-state index contributed by atoms with van der Waals surface area (Å²) < 4.78 is 5.48. The maximum atomic E-state index is 10.4. The lowest BCUT2D eigenvalue weighted by Gasteiger charge is -2.03. The number of benzene rings is 1. The minimum atomic E-state index is -0.741. The average Bonchev–Trinajstić information content (AvgIpc) is 2.76. The number of aryl methyl sites for hydroxylation is 1. The quantitative estimate of drug-likeness (QED) is 0.868. The predicted octanol–water partition coefficient (Wildman–Crippen LogP) is 2.26. The van der Waals surface area contributed by atoms with E-state index in [1.54, 1.807) is 0 Å². The SMILES string of the molecule is CC1COC(c2ccc(CCCC(=O)O)cc2)=N1. The number of hydrogen-bond donors (Lipinski definition) is 1. The summed E-state index contributed by atoms with van der Waals surface area (Å²) in [6.45, 7) is 2.67. The topological polar surface area (TPSA) is 58.9 Å². The van der Waals surface area contributed by atoms with E-state index in [2.05, 4.69) is 4.99 Å². The monoisotopic (exact) mass is 247 g/mol. The lowest BCUT2D eigenvalue weighted by atomic mass is 10.1. The molecule has 0 bridgehead atoms. The van der Waals surface area contributed by atoms with E-state index in [0.717, 1.165) is 17.5 Å². The second-order valence-corrected chi connectivity index (χ2v) is 4.54. The van der Waals surface area contributed by atoms with Crippen molar-refractivity contribution in [3.63, 3.8) is 0 Å². The summed E-state index contributed by atoms with van der Waals surface area (Å²) in [6.07, 6.45) is 1.68. The van der Waals surface area contributed by atoms with Crippen molar-refractivity contribution in [3.05, 3.63) is 35.4 Å². The minimum Gasteiger partial charge on any atom is -0.481 e. The van der Waals surface area contributed by atoms with Crippen LogP contribution in [0.3, 0.4) is 0 Å². The number of aliphatic carboxylic acids is 1. The largest absolute Gasteiger partial charge is 0.481 e. The van der Waals surface area contributed by atoms with Crippen molar-refractivity contribution >= 4 is 11.9 Å². The van der Waals surface area contributed by atoms with Crippen LogP contribution in [0.1, 0.15) is 30.9 Å². The molecule has 0 saturated heterocycles. The zero-order chi connectivity index (χ0) is 13.0. The molecule has 1 aliphatic heterocycles. The highest BCUT2D eigenvalue weighted by Crippen LogP contribution is 2.14. The van der Waals surface area contributed by atoms with E-state index in [9.17, 15) is 4.79 Å². The van der Waals surface area contributed by atoms with Gasteiger partial charge in [0.2, 0.25) is 5.90 Å². The maximum absolute atomic E-state index is 10.4. The summed E-state index contributed by atoms with van der Waals surface area (Å²) in [5.74, 6) is -0.0334. The van der Waals surface area contributed by atoms with Gasteiger partial charge in [-0.15, -0.1) is 0 Å². The van der Waals surface area contributed by atoms with Crippen LogP contribution in [0.15, 0.2) is 29.3 Å². The van der Waals surface area contributed by atoms with E-state index in [0.29, 0.717) is 18.9 Å². The van der Waals surface area contributed by atoms with Crippen LogP contribution in [0.4, 0.5) is 0 Å². The zero-order valence-electron chi connectivity index (χ0n) is 10.4. The molecule has 0 aliphatic carbocycles. The van der Waals surface area contributed by atoms with Crippen LogP contribution in [-0.2, 0) is 16.0 Å². The molecular formula is C14H17NO3. The van der Waals surface area contributed by atoms with E-state index in [-0.39, 0.29) is 12.5 Å². The Bertz CT molecular complexity index is 451. The van der Waals surface area contributed by atoms with E-state index >= 15 is 0 Å². The van der Waals surface area contributed by atoms with Gasteiger partial charge in [-0.25, -0.2) is 4.99 Å². The summed E-state index contributed by atoms with van der Waals surface area (Å²) in [6, 6.07) is 8.20. The van der Waals surface area contributed by atoms with Gasteiger partial charge in [-0.2, -0.15) is 0 Å². The van der Waals surface area contributed by atoms with Crippen LogP contribution < -0.4 is 0 Å². The normalized spacial score (nSPS) is 18.3. The summed E-state index contributed by atoms with van der Waals surface area (Å²) in [5.41, 5.74) is 2.13. The molecule has 0 radical (unpaired) electrons. The van der Waals surface area contributed by atoms with Gasteiger partial charge in [0, 0.05) is 12.0 Å². The van der Waals surface area contributed by atoms with Gasteiger partial charge in [0.05, 0.1) is 6.04 Å². The molecule has 1 aromatic carbocycles. The van der Waals surface area contributed by atoms with Crippen molar-refractivity contribution in [2.45, 2.75) is 32.2 Å². The number of aliphatic imine (C=N–C) groups is 1. The molecule has 96 valence electrons. The van der Waals surface area contributed by atoms with Gasteiger partial charge >= 0.3 is 5.97 Å². The molecule has 1 atom stereocenters. The highest BCUT2D eigenvalue weighted by Gasteiger charge is 2.15. The number of nitrogens with zero attached hydrogens (tertiary/aromatic N) is 1. The number of carboxylic acids is 1. The highest BCUT2D eigenvalue weighted by molar-refractivity contribution is 5.95. The van der Waals surface area contributed by atoms with Crippen LogP contribution in [0, 0.1) is 0 Å². The summed E-state index contributed by atoms with van der Waals surface area (Å²) in [5, 5.41) is 8.57. The van der Waals surface area contributed by atoms with Gasteiger partial charge < -0.3 is 9.84 Å². The highest BCUT2D eigenvalue weighted by atomic mass is 16.5. The van der Waals surface area contributed by atoms with Gasteiger partial charge in [-0.3, -0.25) is 4.79 Å². The molecule has 0 fully saturated rings. The van der Waals surface area contributed by atoms with Crippen molar-refractivity contribution in [2.24, 2.45) is 4.99 Å². The first-order valence-corrected chi connectivity index (χ1v) is 6.17. The molecule has 1 unspecified atom stereocenters. The maximum Gasteiger partial charge on any atom is 0.303 e. The number of hydrogen-bond acceptors (Lipinski definition) is 3. The van der Waals surface area contributed by atoms with E-state index in [1.165, 1.54) is 0 Å². The first-order valence-electron chi connectivity index (χ1n) is 6.17. The smallest absolute Gasteiger partial charge is 0.303 e. The van der Waals surface area contributed by atoms with Crippen molar-refractivity contribution in [1.29, 1.82) is 0 Å². The number of rotatable bonds is 5. The summed E-state index contributed by atoms with van der Waals surface area (Å²) in [7, 11) is 0.